The second-order valence-corrected chi connectivity index (χ2v) is 9.54. The number of hydrogen-bond acceptors (Lipinski definition) is 4. The molecule has 2 saturated carbocycles. The highest BCUT2D eigenvalue weighted by Gasteiger charge is 2.76. The number of rotatable bonds is 2. The number of thiazole rings is 1. The van der Waals surface area contributed by atoms with Crippen LogP contribution < -0.4 is 5.32 Å². The van der Waals surface area contributed by atoms with E-state index in [1.165, 1.54) is 11.3 Å². The summed E-state index contributed by atoms with van der Waals surface area (Å²) in [5.41, 5.74) is -0.696. The van der Waals surface area contributed by atoms with E-state index < -0.39 is 21.1 Å². The van der Waals surface area contributed by atoms with Gasteiger partial charge in [0.2, 0.25) is 5.91 Å². The molecule has 1 amide bonds. The molecule has 4 nitrogen and oxygen atoms in total. The molecule has 3 atom stereocenters. The summed E-state index contributed by atoms with van der Waals surface area (Å²) >= 11 is 5.02. The highest BCUT2D eigenvalue weighted by atomic mass is 79.9. The van der Waals surface area contributed by atoms with Gasteiger partial charge >= 0.3 is 0 Å². The summed E-state index contributed by atoms with van der Waals surface area (Å²) < 4.78 is 1.04. The number of nitrogens with zero attached hydrogens (tertiary/aromatic N) is 1. The van der Waals surface area contributed by atoms with Crippen LogP contribution in [0.1, 0.15) is 33.6 Å². The van der Waals surface area contributed by atoms with E-state index in [9.17, 15) is 9.59 Å². The Labute approximate surface area is 153 Å². The molecule has 2 bridgehead atoms. The molecule has 4 rings (SSSR count). The number of halogens is 1. The highest BCUT2D eigenvalue weighted by molar-refractivity contribution is 9.10. The Bertz CT molecular complexity index is 844. The van der Waals surface area contributed by atoms with Crippen molar-refractivity contribution in [3.8, 4) is 0 Å². The maximum Gasteiger partial charge on any atom is 0.234 e. The Hall–Kier alpha value is -1.27. The van der Waals surface area contributed by atoms with Crippen LogP contribution in [0.4, 0.5) is 5.13 Å². The summed E-state index contributed by atoms with van der Waals surface area (Å²) in [5, 5.41) is 3.60. The SMILES string of the molecule is CC12CCC(C(=O)Nc3nc4ccccc4s3)(C(Br)C1=O)C2(C)C. The second-order valence-electron chi connectivity index (χ2n) is 7.60. The number of nitrogens with one attached hydrogen (secondary N) is 1. The van der Waals surface area contributed by atoms with Crippen molar-refractivity contribution in [2.45, 2.75) is 38.4 Å². The van der Waals surface area contributed by atoms with E-state index in [0.717, 1.165) is 23.1 Å². The molecule has 0 spiro atoms. The lowest BCUT2D eigenvalue weighted by Crippen LogP contribution is -2.47. The lowest BCUT2D eigenvalue weighted by molar-refractivity contribution is -0.130. The smallest absolute Gasteiger partial charge is 0.234 e. The van der Waals surface area contributed by atoms with E-state index in [1.54, 1.807) is 0 Å². The van der Waals surface area contributed by atoms with Gasteiger partial charge in [0.15, 0.2) is 10.9 Å². The van der Waals surface area contributed by atoms with Crippen LogP contribution in [0.15, 0.2) is 24.3 Å². The standard InChI is InChI=1S/C18H19BrN2O2S/c1-16(2)17(3)8-9-18(16,12(19)13(17)22)14(23)21-15-20-10-6-4-5-7-11(10)24-15/h4-7,12H,8-9H2,1-3H3,(H,20,21,23). The molecule has 1 heterocycles. The fraction of sp³-hybridized carbons (Fsp3) is 0.500. The number of anilines is 1. The summed E-state index contributed by atoms with van der Waals surface area (Å²) in [4.78, 5) is 30.1. The number of ketones is 1. The van der Waals surface area contributed by atoms with Crippen LogP contribution in [0, 0.1) is 16.2 Å². The Morgan fingerprint density at radius 1 is 1.29 bits per heavy atom. The molecule has 0 radical (unpaired) electrons. The van der Waals surface area contributed by atoms with Crippen LogP contribution >= 0.6 is 27.3 Å². The quantitative estimate of drug-likeness (QED) is 0.751. The van der Waals surface area contributed by atoms with Gasteiger partial charge in [0.05, 0.1) is 20.5 Å². The molecule has 2 aromatic rings. The van der Waals surface area contributed by atoms with Gasteiger partial charge in [-0.25, -0.2) is 4.98 Å². The predicted octanol–water partition coefficient (Wildman–Crippen LogP) is 4.39. The largest absolute Gasteiger partial charge is 0.301 e. The van der Waals surface area contributed by atoms with Crippen molar-refractivity contribution >= 4 is 54.3 Å². The third kappa shape index (κ3) is 1.71. The van der Waals surface area contributed by atoms with Crippen molar-refractivity contribution in [2.75, 3.05) is 5.32 Å². The fourth-order valence-electron chi connectivity index (χ4n) is 4.59. The predicted molar refractivity (Wildman–Crippen MR) is 99.5 cm³/mol. The molecule has 6 heteroatoms. The summed E-state index contributed by atoms with van der Waals surface area (Å²) in [5.74, 6) is 0.0567. The molecule has 2 aliphatic rings. The summed E-state index contributed by atoms with van der Waals surface area (Å²) in [6.45, 7) is 6.11. The average Bonchev–Trinajstić information content (AvgIpc) is 3.06. The lowest BCUT2D eigenvalue weighted by Gasteiger charge is -2.39. The van der Waals surface area contributed by atoms with Crippen LogP contribution in [0.25, 0.3) is 10.2 Å². The van der Waals surface area contributed by atoms with Crippen molar-refractivity contribution in [1.29, 1.82) is 0 Å². The number of benzene rings is 1. The number of fused-ring (bicyclic) bond motifs is 3. The Kier molecular flexibility index (Phi) is 3.30. The fourth-order valence-corrected chi connectivity index (χ4v) is 6.96. The number of para-hydroxylation sites is 1. The molecule has 3 unspecified atom stereocenters. The number of carbonyl (C=O) groups is 2. The highest BCUT2D eigenvalue weighted by Crippen LogP contribution is 2.72. The van der Waals surface area contributed by atoms with Crippen molar-refractivity contribution in [3.05, 3.63) is 24.3 Å². The van der Waals surface area contributed by atoms with Gasteiger partial charge in [-0.15, -0.1) is 0 Å². The molecule has 126 valence electrons. The van der Waals surface area contributed by atoms with Crippen LogP contribution in [-0.4, -0.2) is 21.5 Å². The molecule has 1 aromatic carbocycles. The van der Waals surface area contributed by atoms with Gasteiger partial charge in [0.1, 0.15) is 0 Å². The Morgan fingerprint density at radius 3 is 2.62 bits per heavy atom. The molecule has 1 N–H and O–H groups in total. The van der Waals surface area contributed by atoms with Gasteiger partial charge in [0.25, 0.3) is 0 Å². The van der Waals surface area contributed by atoms with Crippen molar-refractivity contribution in [3.63, 3.8) is 0 Å². The van der Waals surface area contributed by atoms with E-state index in [1.807, 2.05) is 31.2 Å². The molecule has 2 fully saturated rings. The first kappa shape index (κ1) is 16.2. The van der Waals surface area contributed by atoms with E-state index in [4.69, 9.17) is 0 Å². The number of hydrogen-bond donors (Lipinski definition) is 1. The number of Topliss-reactive ketones (excluding diaryl/α,β-unsaturated/α-hetero) is 1. The monoisotopic (exact) mass is 406 g/mol. The molecule has 2 aliphatic carbocycles. The number of carbonyl (C=O) groups excluding carboxylic acids is 2. The van der Waals surface area contributed by atoms with Crippen molar-refractivity contribution < 1.29 is 9.59 Å². The normalized spacial score (nSPS) is 34.0. The van der Waals surface area contributed by atoms with Gasteiger partial charge in [-0.3, -0.25) is 9.59 Å². The second kappa shape index (κ2) is 4.88. The first-order valence-corrected chi connectivity index (χ1v) is 9.83. The minimum atomic E-state index is -0.726. The first-order valence-electron chi connectivity index (χ1n) is 8.09. The lowest BCUT2D eigenvalue weighted by atomic mass is 9.64. The van der Waals surface area contributed by atoms with Crippen molar-refractivity contribution in [1.82, 2.24) is 4.98 Å². The molecular weight excluding hydrogens is 388 g/mol. The molecule has 24 heavy (non-hydrogen) atoms. The zero-order valence-corrected chi connectivity index (χ0v) is 16.3. The third-order valence-electron chi connectivity index (χ3n) is 6.64. The van der Waals surface area contributed by atoms with Gasteiger partial charge in [-0.1, -0.05) is 60.2 Å². The van der Waals surface area contributed by atoms with E-state index >= 15 is 0 Å². The molecular formula is C18H19BrN2O2S. The topological polar surface area (TPSA) is 59.1 Å². The zero-order chi connectivity index (χ0) is 17.3. The Morgan fingerprint density at radius 2 is 2.00 bits per heavy atom. The number of aromatic nitrogens is 1. The van der Waals surface area contributed by atoms with Crippen LogP contribution in [0.5, 0.6) is 0 Å². The average molecular weight is 407 g/mol. The van der Waals surface area contributed by atoms with Crippen LogP contribution in [-0.2, 0) is 9.59 Å². The van der Waals surface area contributed by atoms with Gasteiger partial charge in [-0.05, 0) is 30.4 Å². The Balaban J connectivity index is 1.72. The first-order chi connectivity index (χ1) is 11.2. The maximum atomic E-state index is 13.3. The summed E-state index contributed by atoms with van der Waals surface area (Å²) in [6.07, 6.45) is 1.48. The molecule has 1 aromatic heterocycles. The summed E-state index contributed by atoms with van der Waals surface area (Å²) in [6, 6.07) is 7.81. The van der Waals surface area contributed by atoms with Crippen LogP contribution in [0.3, 0.4) is 0 Å². The van der Waals surface area contributed by atoms with Gasteiger partial charge < -0.3 is 5.32 Å². The molecule has 0 saturated heterocycles. The van der Waals surface area contributed by atoms with Gasteiger partial charge in [-0.2, -0.15) is 0 Å². The van der Waals surface area contributed by atoms with Gasteiger partial charge in [0, 0.05) is 5.41 Å². The van der Waals surface area contributed by atoms with E-state index in [-0.39, 0.29) is 11.7 Å². The van der Waals surface area contributed by atoms with Crippen molar-refractivity contribution in [2.24, 2.45) is 16.2 Å². The van der Waals surface area contributed by atoms with Crippen LogP contribution in [0.2, 0.25) is 0 Å². The summed E-state index contributed by atoms with van der Waals surface area (Å²) in [7, 11) is 0. The van der Waals surface area contributed by atoms with E-state index in [0.29, 0.717) is 5.13 Å². The number of alkyl halides is 1. The molecule has 0 aliphatic heterocycles. The minimum Gasteiger partial charge on any atom is -0.301 e. The maximum absolute atomic E-state index is 13.3. The number of amides is 1. The third-order valence-corrected chi connectivity index (χ3v) is 8.79. The van der Waals surface area contributed by atoms with E-state index in [2.05, 4.69) is 40.1 Å². The zero-order valence-electron chi connectivity index (χ0n) is 13.9. The minimum absolute atomic E-state index is 0.0944.